The Labute approximate surface area is 131 Å². The van der Waals surface area contributed by atoms with Gasteiger partial charge in [-0.25, -0.2) is 10.3 Å². The number of pyridine rings is 1. The van der Waals surface area contributed by atoms with Gasteiger partial charge in [-0.2, -0.15) is 0 Å². The maximum absolute atomic E-state index is 12.6. The second-order valence-electron chi connectivity index (χ2n) is 5.47. The zero-order valence-electron chi connectivity index (χ0n) is 13.2. The van der Waals surface area contributed by atoms with Gasteiger partial charge in [-0.1, -0.05) is 25.1 Å². The molecule has 1 heterocycles. The molecule has 0 aliphatic heterocycles. The molecule has 0 aliphatic rings. The summed E-state index contributed by atoms with van der Waals surface area (Å²) in [6.07, 6.45) is 1.76. The molecule has 4 heteroatoms. The molecule has 4 nitrogen and oxygen atoms in total. The van der Waals surface area contributed by atoms with E-state index in [4.69, 9.17) is 4.74 Å². The van der Waals surface area contributed by atoms with Gasteiger partial charge in [-0.15, -0.1) is 0 Å². The highest BCUT2D eigenvalue weighted by Crippen LogP contribution is 2.21. The number of aromatic nitrogens is 1. The first-order valence-electron chi connectivity index (χ1n) is 7.45. The van der Waals surface area contributed by atoms with Gasteiger partial charge in [0.15, 0.2) is 11.6 Å². The Bertz CT molecular complexity index is 611. The van der Waals surface area contributed by atoms with Gasteiger partial charge in [0.2, 0.25) is 0 Å². The van der Waals surface area contributed by atoms with Crippen molar-refractivity contribution >= 4 is 17.3 Å². The van der Waals surface area contributed by atoms with Crippen LogP contribution in [-0.2, 0) is 4.74 Å². The molecule has 0 fully saturated rings. The number of ether oxygens (including phenoxy) is 1. The van der Waals surface area contributed by atoms with Crippen LogP contribution in [0, 0.1) is 5.92 Å². The first-order chi connectivity index (χ1) is 10.6. The van der Waals surface area contributed by atoms with E-state index in [1.807, 2.05) is 51.1 Å². The molecule has 1 aromatic carbocycles. The molecular weight excluding hydrogens is 276 g/mol. The van der Waals surface area contributed by atoms with Crippen molar-refractivity contribution in [1.29, 1.82) is 0 Å². The second-order valence-corrected chi connectivity index (χ2v) is 5.47. The van der Waals surface area contributed by atoms with E-state index in [1.165, 1.54) is 0 Å². The molecule has 1 radical (unpaired) electrons. The molecule has 1 atom stereocenters. The Morgan fingerprint density at radius 1 is 1.14 bits per heavy atom. The van der Waals surface area contributed by atoms with E-state index in [0.29, 0.717) is 18.0 Å². The minimum absolute atomic E-state index is 0.00318. The summed E-state index contributed by atoms with van der Waals surface area (Å²) in [5.74, 6) is 0.231. The lowest BCUT2D eigenvalue weighted by atomic mass is 10.0. The van der Waals surface area contributed by atoms with E-state index in [1.54, 1.807) is 18.3 Å². The summed E-state index contributed by atoms with van der Waals surface area (Å²) >= 11 is 0. The number of nitrogens with zero attached hydrogens (tertiary/aromatic N) is 2. The molecule has 2 rings (SSSR count). The first-order valence-corrected chi connectivity index (χ1v) is 7.45. The zero-order valence-corrected chi connectivity index (χ0v) is 13.2. The van der Waals surface area contributed by atoms with Gasteiger partial charge in [-0.3, -0.25) is 4.79 Å². The molecule has 0 saturated heterocycles. The molecular formula is C18H21N2O2. The van der Waals surface area contributed by atoms with Crippen molar-refractivity contribution in [3.8, 4) is 0 Å². The summed E-state index contributed by atoms with van der Waals surface area (Å²) in [6.45, 7) is 6.18. The second kappa shape index (κ2) is 7.71. The van der Waals surface area contributed by atoms with Crippen LogP contribution in [0.5, 0.6) is 0 Å². The van der Waals surface area contributed by atoms with Crippen LogP contribution in [0.4, 0.5) is 11.5 Å². The fraction of sp³-hybridized carbons (Fsp3) is 0.333. The van der Waals surface area contributed by atoms with Gasteiger partial charge in [0.1, 0.15) is 0 Å². The van der Waals surface area contributed by atoms with Crippen molar-refractivity contribution in [2.24, 2.45) is 5.92 Å². The number of para-hydroxylation sites is 1. The van der Waals surface area contributed by atoms with E-state index < -0.39 is 0 Å². The quantitative estimate of drug-likeness (QED) is 0.728. The summed E-state index contributed by atoms with van der Waals surface area (Å²) in [7, 11) is 0. The monoisotopic (exact) mass is 297 g/mol. The van der Waals surface area contributed by atoms with Crippen molar-refractivity contribution < 1.29 is 9.53 Å². The molecule has 0 bridgehead atoms. The molecule has 0 amide bonds. The summed E-state index contributed by atoms with van der Waals surface area (Å²) < 4.78 is 5.53. The van der Waals surface area contributed by atoms with Crippen LogP contribution in [0.1, 0.15) is 31.1 Å². The average molecular weight is 297 g/mol. The highest BCUT2D eigenvalue weighted by Gasteiger charge is 2.20. The largest absolute Gasteiger partial charge is 0.378 e. The minimum atomic E-state index is -0.226. The molecule has 0 saturated carbocycles. The third-order valence-electron chi connectivity index (χ3n) is 3.17. The van der Waals surface area contributed by atoms with Crippen LogP contribution in [0.2, 0.25) is 0 Å². The molecule has 1 unspecified atom stereocenters. The Morgan fingerprint density at radius 2 is 1.86 bits per heavy atom. The number of Topliss-reactive ketones (excluding diaryl/α,β-unsaturated/α-hetero) is 1. The Hall–Kier alpha value is -2.20. The maximum atomic E-state index is 12.6. The molecule has 22 heavy (non-hydrogen) atoms. The molecule has 0 N–H and O–H groups in total. The van der Waals surface area contributed by atoms with Gasteiger partial charge in [0.25, 0.3) is 0 Å². The predicted molar refractivity (Wildman–Crippen MR) is 86.7 cm³/mol. The number of hydrogen-bond acceptors (Lipinski definition) is 3. The van der Waals surface area contributed by atoms with Gasteiger partial charge in [-0.05, 0) is 38.1 Å². The Kier molecular flexibility index (Phi) is 5.67. The SMILES string of the molecule is CC(C)OCC(C)C(=O)c1cccnc1[N]c1ccccc1. The van der Waals surface area contributed by atoms with E-state index in [0.717, 1.165) is 5.69 Å². The average Bonchev–Trinajstić information content (AvgIpc) is 2.53. The molecule has 115 valence electrons. The fourth-order valence-electron chi connectivity index (χ4n) is 1.98. The van der Waals surface area contributed by atoms with E-state index >= 15 is 0 Å². The van der Waals surface area contributed by atoms with Crippen molar-refractivity contribution in [3.63, 3.8) is 0 Å². The van der Waals surface area contributed by atoms with E-state index in [9.17, 15) is 4.79 Å². The van der Waals surface area contributed by atoms with Crippen molar-refractivity contribution in [2.75, 3.05) is 6.61 Å². The lowest BCUT2D eigenvalue weighted by Crippen LogP contribution is -2.20. The van der Waals surface area contributed by atoms with Crippen LogP contribution < -0.4 is 5.32 Å². The number of hydrogen-bond donors (Lipinski definition) is 0. The first kappa shape index (κ1) is 16.2. The smallest absolute Gasteiger partial charge is 0.171 e. The standard InChI is InChI=1S/C18H21N2O2/c1-13(2)22-12-14(3)17(21)16-10-7-11-19-18(16)20-15-8-5-4-6-9-15/h4-11,13-14H,12H2,1-3H3. The van der Waals surface area contributed by atoms with Gasteiger partial charge >= 0.3 is 0 Å². The van der Waals surface area contributed by atoms with Crippen molar-refractivity contribution in [3.05, 3.63) is 54.2 Å². The van der Waals surface area contributed by atoms with E-state index in [2.05, 4.69) is 10.3 Å². The molecule has 2 aromatic rings. The van der Waals surface area contributed by atoms with Crippen LogP contribution in [-0.4, -0.2) is 23.5 Å². The van der Waals surface area contributed by atoms with Crippen LogP contribution in [0.25, 0.3) is 0 Å². The number of rotatable bonds is 7. The lowest BCUT2D eigenvalue weighted by molar-refractivity contribution is 0.0491. The van der Waals surface area contributed by atoms with Crippen LogP contribution in [0.3, 0.4) is 0 Å². The summed E-state index contributed by atoms with van der Waals surface area (Å²) in [5, 5.41) is 4.47. The van der Waals surface area contributed by atoms with Gasteiger partial charge in [0.05, 0.1) is 24.0 Å². The van der Waals surface area contributed by atoms with Gasteiger partial charge in [0, 0.05) is 12.1 Å². The third kappa shape index (κ3) is 4.40. The normalized spacial score (nSPS) is 12.2. The number of carbonyl (C=O) groups excluding carboxylic acids is 1. The minimum Gasteiger partial charge on any atom is -0.378 e. The number of benzene rings is 1. The highest BCUT2D eigenvalue weighted by molar-refractivity contribution is 6.01. The topological polar surface area (TPSA) is 53.3 Å². The van der Waals surface area contributed by atoms with Crippen molar-refractivity contribution in [1.82, 2.24) is 10.3 Å². The predicted octanol–water partition coefficient (Wildman–Crippen LogP) is 3.89. The van der Waals surface area contributed by atoms with Crippen LogP contribution in [0.15, 0.2) is 48.7 Å². The van der Waals surface area contributed by atoms with E-state index in [-0.39, 0.29) is 17.8 Å². The van der Waals surface area contributed by atoms with Crippen LogP contribution >= 0.6 is 0 Å². The molecule has 0 aliphatic carbocycles. The van der Waals surface area contributed by atoms with Gasteiger partial charge < -0.3 is 4.74 Å². The Balaban J connectivity index is 2.15. The lowest BCUT2D eigenvalue weighted by Gasteiger charge is -2.15. The molecule has 0 spiro atoms. The maximum Gasteiger partial charge on any atom is 0.171 e. The Morgan fingerprint density at radius 3 is 2.55 bits per heavy atom. The molecule has 1 aromatic heterocycles. The fourth-order valence-corrected chi connectivity index (χ4v) is 1.98. The number of carbonyl (C=O) groups is 1. The highest BCUT2D eigenvalue weighted by atomic mass is 16.5. The summed E-state index contributed by atoms with van der Waals surface area (Å²) in [6, 6.07) is 13.0. The van der Waals surface area contributed by atoms with Crippen molar-refractivity contribution in [2.45, 2.75) is 26.9 Å². The summed E-state index contributed by atoms with van der Waals surface area (Å²) in [5.41, 5.74) is 1.31. The summed E-state index contributed by atoms with van der Waals surface area (Å²) in [4.78, 5) is 16.8. The third-order valence-corrected chi connectivity index (χ3v) is 3.17. The number of ketones is 1. The zero-order chi connectivity index (χ0) is 15.9.